The van der Waals surface area contributed by atoms with E-state index in [0.717, 1.165) is 31.2 Å². The monoisotopic (exact) mass is 251 g/mol. The summed E-state index contributed by atoms with van der Waals surface area (Å²) in [6.07, 6.45) is 3.05. The second kappa shape index (κ2) is 4.12. The van der Waals surface area contributed by atoms with Crippen LogP contribution in [-0.2, 0) is 5.54 Å². The van der Waals surface area contributed by atoms with Crippen molar-refractivity contribution in [3.8, 4) is 11.5 Å². The van der Waals surface area contributed by atoms with Crippen molar-refractivity contribution in [3.63, 3.8) is 0 Å². The number of alkyl halides is 1. The largest absolute Gasteiger partial charge is 0.454 e. The molecule has 1 aliphatic carbocycles. The zero-order valence-corrected chi connectivity index (χ0v) is 10.5. The average Bonchev–Trinajstić information content (AvgIpc) is 2.96. The quantitative estimate of drug-likeness (QED) is 0.878. The molecule has 98 valence electrons. The SMILES string of the molecule is CC(F)c1cc2c(c(C3(N)CCCC3)c1)OCO2. The molecule has 1 aliphatic heterocycles. The highest BCUT2D eigenvalue weighted by atomic mass is 19.1. The van der Waals surface area contributed by atoms with E-state index < -0.39 is 6.17 Å². The standard InChI is InChI=1S/C14H18FNO2/c1-9(15)10-6-11(14(16)4-2-3-5-14)13-12(7-10)17-8-18-13/h6-7,9H,2-5,8,16H2,1H3. The van der Waals surface area contributed by atoms with E-state index >= 15 is 0 Å². The smallest absolute Gasteiger partial charge is 0.231 e. The first-order chi connectivity index (χ1) is 8.60. The Morgan fingerprint density at radius 2 is 2.00 bits per heavy atom. The van der Waals surface area contributed by atoms with Crippen LogP contribution in [0.2, 0.25) is 0 Å². The number of halogens is 1. The third-order valence-corrected chi connectivity index (χ3v) is 3.99. The molecule has 0 radical (unpaired) electrons. The molecule has 0 amide bonds. The van der Waals surface area contributed by atoms with Gasteiger partial charge in [-0.25, -0.2) is 4.39 Å². The maximum atomic E-state index is 13.6. The van der Waals surface area contributed by atoms with E-state index in [9.17, 15) is 4.39 Å². The van der Waals surface area contributed by atoms with Gasteiger partial charge in [0, 0.05) is 11.1 Å². The van der Waals surface area contributed by atoms with Crippen molar-refractivity contribution in [2.75, 3.05) is 6.79 Å². The molecule has 1 saturated carbocycles. The van der Waals surface area contributed by atoms with Gasteiger partial charge in [-0.05, 0) is 37.5 Å². The van der Waals surface area contributed by atoms with Crippen LogP contribution in [0.5, 0.6) is 11.5 Å². The van der Waals surface area contributed by atoms with Crippen LogP contribution in [0, 0.1) is 0 Å². The van der Waals surface area contributed by atoms with Gasteiger partial charge in [0.15, 0.2) is 11.5 Å². The molecule has 0 saturated heterocycles. The number of hydrogen-bond acceptors (Lipinski definition) is 3. The second-order valence-electron chi connectivity index (χ2n) is 5.28. The summed E-state index contributed by atoms with van der Waals surface area (Å²) in [7, 11) is 0. The lowest BCUT2D eigenvalue weighted by Gasteiger charge is -2.26. The highest BCUT2D eigenvalue weighted by Gasteiger charge is 2.37. The minimum absolute atomic E-state index is 0.197. The van der Waals surface area contributed by atoms with Gasteiger partial charge in [0.25, 0.3) is 0 Å². The van der Waals surface area contributed by atoms with Gasteiger partial charge < -0.3 is 15.2 Å². The Morgan fingerprint density at radius 3 is 2.67 bits per heavy atom. The number of rotatable bonds is 2. The average molecular weight is 251 g/mol. The number of hydrogen-bond donors (Lipinski definition) is 1. The van der Waals surface area contributed by atoms with E-state index in [-0.39, 0.29) is 12.3 Å². The molecule has 1 unspecified atom stereocenters. The van der Waals surface area contributed by atoms with Gasteiger partial charge in [-0.1, -0.05) is 12.8 Å². The fraction of sp³-hybridized carbons (Fsp3) is 0.571. The Morgan fingerprint density at radius 1 is 1.28 bits per heavy atom. The van der Waals surface area contributed by atoms with Crippen molar-refractivity contribution >= 4 is 0 Å². The summed E-state index contributed by atoms with van der Waals surface area (Å²) in [5, 5.41) is 0. The molecule has 3 rings (SSSR count). The minimum atomic E-state index is -1.02. The van der Waals surface area contributed by atoms with E-state index in [1.54, 1.807) is 6.07 Å². The van der Waals surface area contributed by atoms with Gasteiger partial charge in [0.05, 0.1) is 0 Å². The summed E-state index contributed by atoms with van der Waals surface area (Å²) in [6, 6.07) is 3.57. The summed E-state index contributed by atoms with van der Waals surface area (Å²) in [4.78, 5) is 0. The van der Waals surface area contributed by atoms with Crippen LogP contribution < -0.4 is 15.2 Å². The minimum Gasteiger partial charge on any atom is -0.454 e. The van der Waals surface area contributed by atoms with Gasteiger partial charge in [-0.3, -0.25) is 0 Å². The predicted molar refractivity (Wildman–Crippen MR) is 66.4 cm³/mol. The highest BCUT2D eigenvalue weighted by Crippen LogP contribution is 2.47. The number of benzene rings is 1. The summed E-state index contributed by atoms with van der Waals surface area (Å²) < 4.78 is 24.5. The molecule has 1 fully saturated rings. The first-order valence-corrected chi connectivity index (χ1v) is 6.47. The van der Waals surface area contributed by atoms with Crippen molar-refractivity contribution in [1.82, 2.24) is 0 Å². The lowest BCUT2D eigenvalue weighted by Crippen LogP contribution is -2.33. The molecular weight excluding hydrogens is 233 g/mol. The first kappa shape index (κ1) is 11.8. The molecule has 1 heterocycles. The number of nitrogens with two attached hydrogens (primary N) is 1. The van der Waals surface area contributed by atoms with Crippen LogP contribution >= 0.6 is 0 Å². The van der Waals surface area contributed by atoms with E-state index in [0.29, 0.717) is 17.1 Å². The normalized spacial score (nSPS) is 22.2. The first-order valence-electron chi connectivity index (χ1n) is 6.47. The van der Waals surface area contributed by atoms with E-state index in [4.69, 9.17) is 15.2 Å². The third-order valence-electron chi connectivity index (χ3n) is 3.99. The zero-order chi connectivity index (χ0) is 12.8. The topological polar surface area (TPSA) is 44.5 Å². The number of fused-ring (bicyclic) bond motifs is 1. The lowest BCUT2D eigenvalue weighted by molar-refractivity contribution is 0.172. The second-order valence-corrected chi connectivity index (χ2v) is 5.28. The van der Waals surface area contributed by atoms with E-state index in [2.05, 4.69) is 0 Å². The third kappa shape index (κ3) is 1.75. The van der Waals surface area contributed by atoms with Gasteiger partial charge in [0.2, 0.25) is 6.79 Å². The summed E-state index contributed by atoms with van der Waals surface area (Å²) >= 11 is 0. The van der Waals surface area contributed by atoms with Crippen molar-refractivity contribution in [3.05, 3.63) is 23.3 Å². The Kier molecular flexibility index (Phi) is 2.70. The fourth-order valence-corrected chi connectivity index (χ4v) is 2.91. The molecule has 2 aliphatic rings. The van der Waals surface area contributed by atoms with Gasteiger partial charge in [-0.2, -0.15) is 0 Å². The lowest BCUT2D eigenvalue weighted by atomic mass is 9.87. The molecule has 0 bridgehead atoms. The molecule has 1 atom stereocenters. The summed E-state index contributed by atoms with van der Waals surface area (Å²) in [5.41, 5.74) is 7.61. The van der Waals surface area contributed by atoms with Crippen LogP contribution in [-0.4, -0.2) is 6.79 Å². The van der Waals surface area contributed by atoms with Crippen LogP contribution in [0.25, 0.3) is 0 Å². The van der Waals surface area contributed by atoms with Crippen molar-refractivity contribution < 1.29 is 13.9 Å². The van der Waals surface area contributed by atoms with Crippen molar-refractivity contribution in [2.45, 2.75) is 44.3 Å². The fourth-order valence-electron chi connectivity index (χ4n) is 2.91. The molecule has 3 nitrogen and oxygen atoms in total. The zero-order valence-electron chi connectivity index (χ0n) is 10.5. The molecular formula is C14H18FNO2. The molecule has 18 heavy (non-hydrogen) atoms. The Bertz CT molecular complexity index is 467. The van der Waals surface area contributed by atoms with Gasteiger partial charge in [-0.15, -0.1) is 0 Å². The van der Waals surface area contributed by atoms with Gasteiger partial charge in [0.1, 0.15) is 6.17 Å². The van der Waals surface area contributed by atoms with E-state index in [1.165, 1.54) is 6.92 Å². The highest BCUT2D eigenvalue weighted by molar-refractivity contribution is 5.54. The van der Waals surface area contributed by atoms with Crippen LogP contribution in [0.3, 0.4) is 0 Å². The maximum absolute atomic E-state index is 13.6. The van der Waals surface area contributed by atoms with Crippen LogP contribution in [0.4, 0.5) is 4.39 Å². The Labute approximate surface area is 106 Å². The molecule has 2 N–H and O–H groups in total. The van der Waals surface area contributed by atoms with Crippen LogP contribution in [0.1, 0.15) is 49.9 Å². The molecule has 4 heteroatoms. The Hall–Kier alpha value is -1.29. The van der Waals surface area contributed by atoms with Crippen molar-refractivity contribution in [2.24, 2.45) is 5.73 Å². The van der Waals surface area contributed by atoms with Crippen molar-refractivity contribution in [1.29, 1.82) is 0 Å². The molecule has 1 aromatic rings. The summed E-state index contributed by atoms with van der Waals surface area (Å²) in [5.74, 6) is 1.34. The van der Waals surface area contributed by atoms with Gasteiger partial charge >= 0.3 is 0 Å². The van der Waals surface area contributed by atoms with E-state index in [1.807, 2.05) is 6.07 Å². The molecule has 0 aromatic heterocycles. The molecule has 0 spiro atoms. The van der Waals surface area contributed by atoms with Crippen LogP contribution in [0.15, 0.2) is 12.1 Å². The maximum Gasteiger partial charge on any atom is 0.231 e. The molecule has 1 aromatic carbocycles. The summed E-state index contributed by atoms with van der Waals surface area (Å²) in [6.45, 7) is 1.72. The Balaban J connectivity index is 2.12. The predicted octanol–water partition coefficient (Wildman–Crippen LogP) is 3.17. The number of ether oxygens (including phenoxy) is 2.